The number of carbonyl (C=O) groups is 1. The summed E-state index contributed by atoms with van der Waals surface area (Å²) in [6.45, 7) is 9.60. The molecule has 2 fully saturated rings. The molecule has 1 aliphatic carbocycles. The highest BCUT2D eigenvalue weighted by molar-refractivity contribution is 5.78. The highest BCUT2D eigenvalue weighted by atomic mass is 16.5. The molecule has 0 spiro atoms. The summed E-state index contributed by atoms with van der Waals surface area (Å²) >= 11 is 0. The first-order valence-electron chi connectivity index (χ1n) is 7.18. The molecule has 1 amide bonds. The van der Waals surface area contributed by atoms with Gasteiger partial charge in [0.05, 0.1) is 12.6 Å². The third kappa shape index (κ3) is 2.69. The van der Waals surface area contributed by atoms with E-state index in [1.807, 2.05) is 11.8 Å². The summed E-state index contributed by atoms with van der Waals surface area (Å²) in [7, 11) is 0. The van der Waals surface area contributed by atoms with E-state index < -0.39 is 0 Å². The van der Waals surface area contributed by atoms with E-state index in [0.717, 1.165) is 39.0 Å². The van der Waals surface area contributed by atoms with E-state index in [1.165, 1.54) is 0 Å². The first kappa shape index (κ1) is 13.8. The summed E-state index contributed by atoms with van der Waals surface area (Å²) in [6.07, 6.45) is 3.68. The molecule has 2 aliphatic rings. The van der Waals surface area contributed by atoms with Crippen molar-refractivity contribution in [2.45, 2.75) is 52.2 Å². The normalized spacial score (nSPS) is 30.3. The highest BCUT2D eigenvalue weighted by Gasteiger charge is 2.48. The number of carbonyl (C=O) groups excluding carboxylic acids is 1. The zero-order chi connectivity index (χ0) is 13.2. The van der Waals surface area contributed by atoms with Gasteiger partial charge in [0.15, 0.2) is 0 Å². The molecule has 1 saturated heterocycles. The van der Waals surface area contributed by atoms with Gasteiger partial charge in [0.2, 0.25) is 5.91 Å². The molecule has 4 heteroatoms. The number of likely N-dealkylation sites (tertiary alicyclic amines) is 1. The zero-order valence-corrected chi connectivity index (χ0v) is 11.9. The van der Waals surface area contributed by atoms with Crippen molar-refractivity contribution in [3.63, 3.8) is 0 Å². The van der Waals surface area contributed by atoms with Gasteiger partial charge in [-0.25, -0.2) is 0 Å². The van der Waals surface area contributed by atoms with Crippen molar-refractivity contribution < 1.29 is 9.53 Å². The lowest BCUT2D eigenvalue weighted by atomic mass is 9.64. The average molecular weight is 254 g/mol. The van der Waals surface area contributed by atoms with E-state index in [1.54, 1.807) is 0 Å². The van der Waals surface area contributed by atoms with Crippen LogP contribution in [0.1, 0.15) is 40.0 Å². The van der Waals surface area contributed by atoms with Gasteiger partial charge in [-0.05, 0) is 26.2 Å². The fourth-order valence-corrected chi connectivity index (χ4v) is 3.00. The molecule has 1 heterocycles. The number of nitrogens with one attached hydrogen (secondary N) is 1. The Labute approximate surface area is 110 Å². The summed E-state index contributed by atoms with van der Waals surface area (Å²) in [5.74, 6) is 0.253. The number of hydrogen-bond acceptors (Lipinski definition) is 3. The van der Waals surface area contributed by atoms with Gasteiger partial charge >= 0.3 is 0 Å². The van der Waals surface area contributed by atoms with Crippen molar-refractivity contribution in [1.82, 2.24) is 10.2 Å². The van der Waals surface area contributed by atoms with Crippen LogP contribution < -0.4 is 5.32 Å². The van der Waals surface area contributed by atoms with Crippen molar-refractivity contribution in [3.05, 3.63) is 0 Å². The molecule has 1 aliphatic heterocycles. The van der Waals surface area contributed by atoms with Crippen LogP contribution in [0, 0.1) is 5.41 Å². The second-order valence-corrected chi connectivity index (χ2v) is 6.02. The van der Waals surface area contributed by atoms with Gasteiger partial charge in [0, 0.05) is 31.2 Å². The van der Waals surface area contributed by atoms with Gasteiger partial charge in [0.1, 0.15) is 0 Å². The Morgan fingerprint density at radius 3 is 2.61 bits per heavy atom. The van der Waals surface area contributed by atoms with E-state index >= 15 is 0 Å². The average Bonchev–Trinajstić information content (AvgIpc) is 2.86. The molecule has 1 saturated carbocycles. The van der Waals surface area contributed by atoms with Crippen molar-refractivity contribution in [3.8, 4) is 0 Å². The quantitative estimate of drug-likeness (QED) is 0.806. The lowest BCUT2D eigenvalue weighted by Crippen LogP contribution is -2.62. The summed E-state index contributed by atoms with van der Waals surface area (Å²) in [4.78, 5) is 13.9. The summed E-state index contributed by atoms with van der Waals surface area (Å²) in [5.41, 5.74) is 0.140. The van der Waals surface area contributed by atoms with E-state index in [2.05, 4.69) is 19.2 Å². The van der Waals surface area contributed by atoms with Gasteiger partial charge in [-0.2, -0.15) is 0 Å². The Kier molecular flexibility index (Phi) is 4.28. The molecule has 104 valence electrons. The molecule has 0 aromatic rings. The van der Waals surface area contributed by atoms with Crippen LogP contribution in [0.25, 0.3) is 0 Å². The first-order chi connectivity index (χ1) is 8.55. The minimum atomic E-state index is 0.140. The Morgan fingerprint density at radius 1 is 1.39 bits per heavy atom. The van der Waals surface area contributed by atoms with Crippen LogP contribution in [0.15, 0.2) is 0 Å². The Bertz CT molecular complexity index is 298. The van der Waals surface area contributed by atoms with Crippen LogP contribution in [0.4, 0.5) is 0 Å². The molecule has 0 radical (unpaired) electrons. The van der Waals surface area contributed by atoms with Crippen LogP contribution >= 0.6 is 0 Å². The van der Waals surface area contributed by atoms with Crippen LogP contribution in [0.2, 0.25) is 0 Å². The second-order valence-electron chi connectivity index (χ2n) is 6.02. The summed E-state index contributed by atoms with van der Waals surface area (Å²) in [5, 5.41) is 3.40. The van der Waals surface area contributed by atoms with Crippen molar-refractivity contribution in [2.24, 2.45) is 5.41 Å². The molecule has 2 atom stereocenters. The first-order valence-corrected chi connectivity index (χ1v) is 7.18. The standard InChI is InChI=1S/C14H26N2O2/c1-4-18-12-9-11(14(12,2)3)15-10-13(17)16-7-5-6-8-16/h11-12,15H,4-10H2,1-3H3. The Hall–Kier alpha value is -0.610. The van der Waals surface area contributed by atoms with E-state index in [0.29, 0.717) is 18.7 Å². The summed E-state index contributed by atoms with van der Waals surface area (Å²) < 4.78 is 5.69. The fraction of sp³-hybridized carbons (Fsp3) is 0.929. The molecule has 2 unspecified atom stereocenters. The van der Waals surface area contributed by atoms with Crippen LogP contribution in [-0.4, -0.2) is 49.2 Å². The van der Waals surface area contributed by atoms with Gasteiger partial charge < -0.3 is 15.0 Å². The molecule has 0 bridgehead atoms. The third-order valence-corrected chi connectivity index (χ3v) is 4.50. The molecular formula is C14H26N2O2. The molecular weight excluding hydrogens is 228 g/mol. The van der Waals surface area contributed by atoms with Gasteiger partial charge in [-0.3, -0.25) is 4.79 Å². The molecule has 0 aromatic heterocycles. The van der Waals surface area contributed by atoms with E-state index in [4.69, 9.17) is 4.74 Å². The lowest BCUT2D eigenvalue weighted by molar-refractivity contribution is -0.133. The van der Waals surface area contributed by atoms with Gasteiger partial charge in [0.25, 0.3) is 0 Å². The second kappa shape index (κ2) is 5.57. The number of nitrogens with zero attached hydrogens (tertiary/aromatic N) is 1. The smallest absolute Gasteiger partial charge is 0.236 e. The number of ether oxygens (including phenoxy) is 1. The lowest BCUT2D eigenvalue weighted by Gasteiger charge is -2.51. The van der Waals surface area contributed by atoms with Crippen LogP contribution in [0.3, 0.4) is 0 Å². The van der Waals surface area contributed by atoms with Crippen molar-refractivity contribution >= 4 is 5.91 Å². The third-order valence-electron chi connectivity index (χ3n) is 4.50. The minimum Gasteiger partial charge on any atom is -0.378 e. The van der Waals surface area contributed by atoms with E-state index in [-0.39, 0.29) is 11.3 Å². The van der Waals surface area contributed by atoms with Gasteiger partial charge in [-0.1, -0.05) is 13.8 Å². The highest BCUT2D eigenvalue weighted by Crippen LogP contribution is 2.42. The Balaban J connectivity index is 1.73. The molecule has 0 aromatic carbocycles. The van der Waals surface area contributed by atoms with Crippen LogP contribution in [-0.2, 0) is 9.53 Å². The predicted molar refractivity (Wildman–Crippen MR) is 71.4 cm³/mol. The predicted octanol–water partition coefficient (Wildman–Crippen LogP) is 1.40. The van der Waals surface area contributed by atoms with Crippen molar-refractivity contribution in [2.75, 3.05) is 26.2 Å². The molecule has 18 heavy (non-hydrogen) atoms. The maximum Gasteiger partial charge on any atom is 0.236 e. The van der Waals surface area contributed by atoms with E-state index in [9.17, 15) is 4.79 Å². The SMILES string of the molecule is CCOC1CC(NCC(=O)N2CCCC2)C1(C)C. The molecule has 4 nitrogen and oxygen atoms in total. The number of amides is 1. The fourth-order valence-electron chi connectivity index (χ4n) is 3.00. The topological polar surface area (TPSA) is 41.6 Å². The number of hydrogen-bond donors (Lipinski definition) is 1. The van der Waals surface area contributed by atoms with Crippen molar-refractivity contribution in [1.29, 1.82) is 0 Å². The maximum absolute atomic E-state index is 11.9. The maximum atomic E-state index is 11.9. The minimum absolute atomic E-state index is 0.140. The molecule has 2 rings (SSSR count). The summed E-state index contributed by atoms with van der Waals surface area (Å²) in [6, 6.07) is 0.403. The Morgan fingerprint density at radius 2 is 2.06 bits per heavy atom. The zero-order valence-electron chi connectivity index (χ0n) is 11.9. The van der Waals surface area contributed by atoms with Gasteiger partial charge in [-0.15, -0.1) is 0 Å². The van der Waals surface area contributed by atoms with Crippen LogP contribution in [0.5, 0.6) is 0 Å². The monoisotopic (exact) mass is 254 g/mol. The largest absolute Gasteiger partial charge is 0.378 e. The number of rotatable bonds is 5. The molecule has 1 N–H and O–H groups in total.